The Morgan fingerprint density at radius 2 is 1.77 bits per heavy atom. The number of rotatable bonds is 11. The van der Waals surface area contributed by atoms with Crippen molar-refractivity contribution >= 4 is 0 Å². The molecule has 0 aromatic rings. The summed E-state index contributed by atoms with van der Waals surface area (Å²) in [5, 5.41) is 44.9. The van der Waals surface area contributed by atoms with Crippen LogP contribution in [0.4, 0.5) is 0 Å². The lowest BCUT2D eigenvalue weighted by atomic mass is 9.68. The first kappa shape index (κ1) is 33.4. The third kappa shape index (κ3) is 6.39. The number of ether oxygens (including phenoxy) is 6. The lowest BCUT2D eigenvalue weighted by molar-refractivity contribution is -0.329. The van der Waals surface area contributed by atoms with E-state index in [0.717, 1.165) is 31.3 Å². The molecular formula is C33H54O10. The second kappa shape index (κ2) is 13.1. The summed E-state index contributed by atoms with van der Waals surface area (Å²) in [6.07, 6.45) is -2.45. The largest absolute Gasteiger partial charge is 0.390 e. The maximum Gasteiger partial charge on any atom is 0.194 e. The SMILES string of the molecule is CCOC(C)(OC[C@H]1OC(O[C@@H]2C3=C(C(C)C)CC[C@]3(C)/C=C3/[C@@H](COC)CC[C@H]3[C@@H](C)[C@H]2O)C(O)C(O)C1O)C1CO1. The molecule has 0 spiro atoms. The minimum atomic E-state index is -1.53. The van der Waals surface area contributed by atoms with Gasteiger partial charge < -0.3 is 48.8 Å². The Morgan fingerprint density at radius 3 is 2.40 bits per heavy atom. The number of fused-ring (bicyclic) bond motifs is 2. The number of epoxide rings is 1. The Kier molecular flexibility index (Phi) is 10.2. The van der Waals surface area contributed by atoms with Crippen LogP contribution in [-0.4, -0.2) is 109 Å². The molecular weight excluding hydrogens is 556 g/mol. The first-order valence-electron chi connectivity index (χ1n) is 16.2. The van der Waals surface area contributed by atoms with Crippen LogP contribution in [-0.2, 0) is 28.4 Å². The van der Waals surface area contributed by atoms with Crippen molar-refractivity contribution in [1.82, 2.24) is 0 Å². The maximum atomic E-state index is 12.1. The molecule has 10 nitrogen and oxygen atoms in total. The highest BCUT2D eigenvalue weighted by Gasteiger charge is 2.53. The molecule has 13 atom stereocenters. The van der Waals surface area contributed by atoms with Crippen LogP contribution < -0.4 is 0 Å². The van der Waals surface area contributed by atoms with Crippen LogP contribution in [0.3, 0.4) is 0 Å². The molecule has 246 valence electrons. The summed E-state index contributed by atoms with van der Waals surface area (Å²) in [5.74, 6) is -0.398. The molecule has 0 bridgehead atoms. The van der Waals surface area contributed by atoms with E-state index >= 15 is 0 Å². The molecule has 2 saturated heterocycles. The number of hydrogen-bond acceptors (Lipinski definition) is 10. The zero-order valence-electron chi connectivity index (χ0n) is 26.9. The van der Waals surface area contributed by atoms with E-state index in [1.807, 2.05) is 6.92 Å². The third-order valence-corrected chi connectivity index (χ3v) is 10.8. The fraction of sp³-hybridized carbons (Fsp3) is 0.879. The van der Waals surface area contributed by atoms with Gasteiger partial charge in [-0.3, -0.25) is 0 Å². The topological polar surface area (TPSA) is 140 Å². The molecule has 5 aliphatic rings. The van der Waals surface area contributed by atoms with Crippen molar-refractivity contribution in [3.63, 3.8) is 0 Å². The van der Waals surface area contributed by atoms with Gasteiger partial charge in [0.2, 0.25) is 0 Å². The van der Waals surface area contributed by atoms with Crippen molar-refractivity contribution in [2.75, 3.05) is 33.5 Å². The Labute approximate surface area is 256 Å². The third-order valence-electron chi connectivity index (χ3n) is 10.8. The van der Waals surface area contributed by atoms with Crippen LogP contribution in [0.2, 0.25) is 0 Å². The molecule has 0 aromatic heterocycles. The van der Waals surface area contributed by atoms with Gasteiger partial charge in [0.05, 0.1) is 25.9 Å². The van der Waals surface area contributed by atoms with E-state index in [9.17, 15) is 20.4 Å². The first-order valence-corrected chi connectivity index (χ1v) is 16.2. The van der Waals surface area contributed by atoms with Crippen molar-refractivity contribution in [3.8, 4) is 0 Å². The molecule has 6 unspecified atom stereocenters. The molecule has 3 fully saturated rings. The normalized spacial score (nSPS) is 45.7. The summed E-state index contributed by atoms with van der Waals surface area (Å²) in [5.41, 5.74) is 3.31. The lowest BCUT2D eigenvalue weighted by Gasteiger charge is -2.46. The van der Waals surface area contributed by atoms with E-state index in [1.54, 1.807) is 14.0 Å². The Bertz CT molecular complexity index is 1040. The van der Waals surface area contributed by atoms with Crippen molar-refractivity contribution < 1.29 is 48.8 Å². The summed E-state index contributed by atoms with van der Waals surface area (Å²) in [6, 6.07) is 0. The van der Waals surface area contributed by atoms with Crippen molar-refractivity contribution in [2.24, 2.45) is 29.1 Å². The number of aliphatic hydroxyl groups is 4. The van der Waals surface area contributed by atoms with Crippen LogP contribution >= 0.6 is 0 Å². The van der Waals surface area contributed by atoms with Gasteiger partial charge in [-0.05, 0) is 62.9 Å². The highest BCUT2D eigenvalue weighted by atomic mass is 16.8. The maximum absolute atomic E-state index is 12.1. The average molecular weight is 611 g/mol. The van der Waals surface area contributed by atoms with Crippen molar-refractivity contribution in [3.05, 3.63) is 22.8 Å². The van der Waals surface area contributed by atoms with Crippen LogP contribution in [0.5, 0.6) is 0 Å². The number of hydrogen-bond donors (Lipinski definition) is 4. The van der Waals surface area contributed by atoms with Gasteiger partial charge in [0.25, 0.3) is 0 Å². The monoisotopic (exact) mass is 610 g/mol. The highest BCUT2D eigenvalue weighted by Crippen LogP contribution is 2.55. The zero-order valence-corrected chi connectivity index (χ0v) is 26.9. The van der Waals surface area contributed by atoms with Gasteiger partial charge in [0, 0.05) is 25.0 Å². The van der Waals surface area contributed by atoms with Crippen LogP contribution in [0.1, 0.15) is 67.2 Å². The quantitative estimate of drug-likeness (QED) is 0.157. The highest BCUT2D eigenvalue weighted by molar-refractivity contribution is 5.41. The predicted octanol–water partition coefficient (Wildman–Crippen LogP) is 2.71. The van der Waals surface area contributed by atoms with Gasteiger partial charge in [0.15, 0.2) is 12.1 Å². The lowest BCUT2D eigenvalue weighted by Crippen LogP contribution is -2.61. The predicted molar refractivity (Wildman–Crippen MR) is 158 cm³/mol. The second-order valence-electron chi connectivity index (χ2n) is 14.0. The van der Waals surface area contributed by atoms with Crippen LogP contribution in [0, 0.1) is 29.1 Å². The standard InChI is InChI=1S/C33H54O10/c1-8-40-33(6,24-16-39-24)41-15-23-27(35)28(36)29(37)31(42-23)43-30-25-20(17(2)3)11-12-32(25,5)13-22-19(14-38-7)9-10-21(22)18(4)26(30)34/h13,17-19,21,23-24,26-31,34-37H,8-12,14-16H2,1-7H3/b22-13-/t18-,19-,21+,23-,24?,26-,27?,28?,29?,30-,31?,32-,33?/m1/s1. The summed E-state index contributed by atoms with van der Waals surface area (Å²) < 4.78 is 35.6. The van der Waals surface area contributed by atoms with Gasteiger partial charge in [-0.2, -0.15) is 0 Å². The fourth-order valence-corrected chi connectivity index (χ4v) is 8.10. The molecule has 0 amide bonds. The van der Waals surface area contributed by atoms with Gasteiger partial charge in [-0.25, -0.2) is 0 Å². The summed E-state index contributed by atoms with van der Waals surface area (Å²) in [7, 11) is 1.74. The molecule has 1 saturated carbocycles. The number of methoxy groups -OCH3 is 1. The fourth-order valence-electron chi connectivity index (χ4n) is 8.10. The first-order chi connectivity index (χ1) is 20.3. The van der Waals surface area contributed by atoms with Crippen LogP contribution in [0.15, 0.2) is 22.8 Å². The number of allylic oxidation sites excluding steroid dienone is 2. The Hall–Kier alpha value is -0.920. The Morgan fingerprint density at radius 1 is 1.05 bits per heavy atom. The molecule has 0 aromatic carbocycles. The van der Waals surface area contributed by atoms with Crippen molar-refractivity contribution in [2.45, 2.75) is 122 Å². The molecule has 0 radical (unpaired) electrons. The number of aliphatic hydroxyl groups excluding tert-OH is 4. The van der Waals surface area contributed by atoms with Gasteiger partial charge >= 0.3 is 0 Å². The summed E-state index contributed by atoms with van der Waals surface area (Å²) in [4.78, 5) is 0. The van der Waals surface area contributed by atoms with E-state index in [2.05, 4.69) is 33.8 Å². The minimum Gasteiger partial charge on any atom is -0.390 e. The van der Waals surface area contributed by atoms with Gasteiger partial charge in [-0.15, -0.1) is 0 Å². The van der Waals surface area contributed by atoms with Crippen molar-refractivity contribution in [1.29, 1.82) is 0 Å². The summed E-state index contributed by atoms with van der Waals surface area (Å²) in [6.45, 7) is 13.7. The Balaban J connectivity index is 1.45. The smallest absolute Gasteiger partial charge is 0.194 e. The van der Waals surface area contributed by atoms with E-state index in [1.165, 1.54) is 11.1 Å². The van der Waals surface area contributed by atoms with E-state index in [4.69, 9.17) is 28.4 Å². The van der Waals surface area contributed by atoms with E-state index < -0.39 is 48.7 Å². The minimum absolute atomic E-state index is 0.114. The van der Waals surface area contributed by atoms with E-state index in [0.29, 0.717) is 25.7 Å². The molecule has 2 heterocycles. The van der Waals surface area contributed by atoms with Crippen LogP contribution in [0.25, 0.3) is 0 Å². The second-order valence-corrected chi connectivity index (χ2v) is 14.0. The van der Waals surface area contributed by atoms with Gasteiger partial charge in [-0.1, -0.05) is 44.9 Å². The molecule has 3 aliphatic carbocycles. The van der Waals surface area contributed by atoms with E-state index in [-0.39, 0.29) is 35.9 Å². The molecule has 2 aliphatic heterocycles. The molecule has 4 N–H and O–H groups in total. The zero-order chi connectivity index (χ0) is 31.3. The molecule has 5 rings (SSSR count). The molecule has 10 heteroatoms. The summed E-state index contributed by atoms with van der Waals surface area (Å²) >= 11 is 0. The van der Waals surface area contributed by atoms with Gasteiger partial charge in [0.1, 0.15) is 36.6 Å². The molecule has 43 heavy (non-hydrogen) atoms. The average Bonchev–Trinajstić information content (AvgIpc) is 3.69.